The van der Waals surface area contributed by atoms with Crippen LogP contribution < -0.4 is 10.0 Å². The zero-order valence-corrected chi connectivity index (χ0v) is 16.7. The van der Waals surface area contributed by atoms with Gasteiger partial charge in [0.15, 0.2) is 0 Å². The summed E-state index contributed by atoms with van der Waals surface area (Å²) in [6, 6.07) is 5.55. The highest BCUT2D eigenvalue weighted by atomic mass is 32.2. The highest BCUT2D eigenvalue weighted by Crippen LogP contribution is 2.27. The molecule has 0 aliphatic heterocycles. The Morgan fingerprint density at radius 1 is 1.26 bits per heavy atom. The van der Waals surface area contributed by atoms with Gasteiger partial charge >= 0.3 is 0 Å². The average molecular weight is 395 g/mol. The van der Waals surface area contributed by atoms with Gasteiger partial charge < -0.3 is 5.32 Å². The predicted molar refractivity (Wildman–Crippen MR) is 103 cm³/mol. The zero-order valence-electron chi connectivity index (χ0n) is 15.9. The van der Waals surface area contributed by atoms with Gasteiger partial charge in [-0.3, -0.25) is 14.8 Å². The number of rotatable bonds is 9. The van der Waals surface area contributed by atoms with Crippen LogP contribution in [0.15, 0.2) is 29.2 Å². The molecule has 0 unspecified atom stereocenters. The minimum Gasteiger partial charge on any atom is -0.379 e. The number of anilines is 1. The van der Waals surface area contributed by atoms with Crippen molar-refractivity contribution >= 4 is 21.4 Å². The van der Waals surface area contributed by atoms with Gasteiger partial charge in [0.2, 0.25) is 10.0 Å². The second kappa shape index (κ2) is 8.49. The van der Waals surface area contributed by atoms with Crippen LogP contribution in [0.1, 0.15) is 31.7 Å². The third kappa shape index (κ3) is 5.51. The maximum atomic E-state index is 12.2. The van der Waals surface area contributed by atoms with Crippen LogP contribution in [0.5, 0.6) is 0 Å². The quantitative estimate of drug-likeness (QED) is 0.383. The third-order valence-electron chi connectivity index (χ3n) is 3.83. The summed E-state index contributed by atoms with van der Waals surface area (Å²) in [5.41, 5.74) is 2.03. The molecule has 0 aliphatic carbocycles. The first-order valence-electron chi connectivity index (χ1n) is 8.66. The molecule has 1 heterocycles. The Hall–Kier alpha value is -2.46. The molecular weight excluding hydrogens is 370 g/mol. The Labute approximate surface area is 159 Å². The van der Waals surface area contributed by atoms with Crippen LogP contribution in [0, 0.1) is 24.0 Å². The average Bonchev–Trinajstić information content (AvgIpc) is 2.87. The summed E-state index contributed by atoms with van der Waals surface area (Å²) in [5, 5.41) is 18.7. The van der Waals surface area contributed by atoms with Crippen molar-refractivity contribution in [1.82, 2.24) is 14.5 Å². The molecule has 9 nitrogen and oxygen atoms in total. The van der Waals surface area contributed by atoms with Crippen LogP contribution in [0.2, 0.25) is 0 Å². The van der Waals surface area contributed by atoms with E-state index in [1.165, 1.54) is 12.1 Å². The van der Waals surface area contributed by atoms with E-state index in [2.05, 4.69) is 15.1 Å². The SMILES string of the molecule is Cc1cc(C)n(CCCNc2ccc(S(=O)(=O)NC(C)C)cc2[N+](=O)[O-])n1. The number of sulfonamides is 1. The summed E-state index contributed by atoms with van der Waals surface area (Å²) in [4.78, 5) is 10.6. The van der Waals surface area contributed by atoms with Crippen LogP contribution in [-0.4, -0.2) is 35.7 Å². The van der Waals surface area contributed by atoms with Gasteiger partial charge in [0.25, 0.3) is 5.69 Å². The summed E-state index contributed by atoms with van der Waals surface area (Å²) in [6.45, 7) is 8.45. The molecule has 0 bridgehead atoms. The molecule has 0 amide bonds. The number of hydrogen-bond acceptors (Lipinski definition) is 6. The van der Waals surface area contributed by atoms with Crippen molar-refractivity contribution in [3.63, 3.8) is 0 Å². The molecule has 27 heavy (non-hydrogen) atoms. The van der Waals surface area contributed by atoms with E-state index in [1.807, 2.05) is 24.6 Å². The second-order valence-corrected chi connectivity index (χ2v) is 8.36. The van der Waals surface area contributed by atoms with Gasteiger partial charge in [-0.1, -0.05) is 0 Å². The van der Waals surface area contributed by atoms with Crippen LogP contribution in [0.4, 0.5) is 11.4 Å². The van der Waals surface area contributed by atoms with E-state index in [0.29, 0.717) is 19.5 Å². The molecule has 2 N–H and O–H groups in total. The highest BCUT2D eigenvalue weighted by molar-refractivity contribution is 7.89. The third-order valence-corrected chi connectivity index (χ3v) is 5.49. The topological polar surface area (TPSA) is 119 Å². The molecule has 1 aromatic heterocycles. The van der Waals surface area contributed by atoms with Gasteiger partial charge in [0, 0.05) is 30.9 Å². The number of nitrogens with zero attached hydrogens (tertiary/aromatic N) is 3. The maximum Gasteiger partial charge on any atom is 0.293 e. The van der Waals surface area contributed by atoms with Crippen molar-refractivity contribution < 1.29 is 13.3 Å². The zero-order chi connectivity index (χ0) is 20.2. The van der Waals surface area contributed by atoms with E-state index < -0.39 is 14.9 Å². The fraction of sp³-hybridized carbons (Fsp3) is 0.471. The first-order chi connectivity index (χ1) is 12.6. The molecule has 0 saturated heterocycles. The van der Waals surface area contributed by atoms with Crippen molar-refractivity contribution in [2.24, 2.45) is 0 Å². The summed E-state index contributed by atoms with van der Waals surface area (Å²) >= 11 is 0. The standard InChI is InChI=1S/C17H25N5O4S/c1-12(2)20-27(25,26)15-6-7-16(17(11-15)22(23)24)18-8-5-9-21-14(4)10-13(3)19-21/h6-7,10-12,18,20H,5,8-9H2,1-4H3. The Morgan fingerprint density at radius 3 is 2.52 bits per heavy atom. The van der Waals surface area contributed by atoms with Crippen molar-refractivity contribution in [3.8, 4) is 0 Å². The molecule has 1 aromatic carbocycles. The second-order valence-electron chi connectivity index (χ2n) is 6.64. The number of nitro groups is 1. The van der Waals surface area contributed by atoms with Crippen molar-refractivity contribution in [2.45, 2.75) is 51.6 Å². The van der Waals surface area contributed by atoms with Crippen LogP contribution >= 0.6 is 0 Å². The largest absolute Gasteiger partial charge is 0.379 e. The molecule has 0 saturated carbocycles. The lowest BCUT2D eigenvalue weighted by atomic mass is 10.2. The van der Waals surface area contributed by atoms with Crippen LogP contribution in [-0.2, 0) is 16.6 Å². The predicted octanol–water partition coefficient (Wildman–Crippen LogP) is 2.60. The molecule has 0 radical (unpaired) electrons. The lowest BCUT2D eigenvalue weighted by molar-refractivity contribution is -0.384. The van der Waals surface area contributed by atoms with E-state index >= 15 is 0 Å². The number of aromatic nitrogens is 2. The number of nitro benzene ring substituents is 1. The fourth-order valence-electron chi connectivity index (χ4n) is 2.71. The maximum absolute atomic E-state index is 12.2. The summed E-state index contributed by atoms with van der Waals surface area (Å²) in [6.07, 6.45) is 0.716. The van der Waals surface area contributed by atoms with E-state index in [0.717, 1.165) is 17.5 Å². The molecule has 0 spiro atoms. The molecule has 2 rings (SSSR count). The van der Waals surface area contributed by atoms with Gasteiger partial charge in [-0.15, -0.1) is 0 Å². The van der Waals surface area contributed by atoms with Gasteiger partial charge in [-0.25, -0.2) is 13.1 Å². The minimum absolute atomic E-state index is 0.129. The Kier molecular flexibility index (Phi) is 6.55. The van der Waals surface area contributed by atoms with Crippen LogP contribution in [0.25, 0.3) is 0 Å². The van der Waals surface area contributed by atoms with E-state index in [1.54, 1.807) is 13.8 Å². The molecular formula is C17H25N5O4S. The first kappa shape index (κ1) is 20.8. The van der Waals surface area contributed by atoms with E-state index in [-0.39, 0.29) is 22.3 Å². The van der Waals surface area contributed by atoms with E-state index in [9.17, 15) is 18.5 Å². The lowest BCUT2D eigenvalue weighted by Crippen LogP contribution is -2.30. The normalized spacial score (nSPS) is 11.7. The van der Waals surface area contributed by atoms with Crippen molar-refractivity contribution in [2.75, 3.05) is 11.9 Å². The Morgan fingerprint density at radius 2 is 1.96 bits per heavy atom. The Balaban J connectivity index is 2.08. The van der Waals surface area contributed by atoms with Crippen molar-refractivity contribution in [1.29, 1.82) is 0 Å². The fourth-order valence-corrected chi connectivity index (χ4v) is 3.98. The Bertz CT molecular complexity index is 921. The summed E-state index contributed by atoms with van der Waals surface area (Å²) < 4.78 is 28.7. The molecule has 10 heteroatoms. The number of nitrogens with one attached hydrogen (secondary N) is 2. The molecule has 148 valence electrons. The monoisotopic (exact) mass is 395 g/mol. The smallest absolute Gasteiger partial charge is 0.293 e. The first-order valence-corrected chi connectivity index (χ1v) is 10.1. The molecule has 0 atom stereocenters. The number of hydrogen-bond donors (Lipinski definition) is 2. The molecule has 2 aromatic rings. The van der Waals surface area contributed by atoms with Crippen molar-refractivity contribution in [3.05, 3.63) is 45.8 Å². The number of aryl methyl sites for hydroxylation is 3. The summed E-state index contributed by atoms with van der Waals surface area (Å²) in [5.74, 6) is 0. The van der Waals surface area contributed by atoms with Gasteiger partial charge in [0.1, 0.15) is 5.69 Å². The van der Waals surface area contributed by atoms with Gasteiger partial charge in [-0.2, -0.15) is 5.10 Å². The lowest BCUT2D eigenvalue weighted by Gasteiger charge is -2.12. The van der Waals surface area contributed by atoms with Crippen LogP contribution in [0.3, 0.4) is 0 Å². The molecule has 0 fully saturated rings. The van der Waals surface area contributed by atoms with Gasteiger partial charge in [-0.05, 0) is 52.3 Å². The highest BCUT2D eigenvalue weighted by Gasteiger charge is 2.21. The number of benzene rings is 1. The van der Waals surface area contributed by atoms with E-state index in [4.69, 9.17) is 0 Å². The molecule has 0 aliphatic rings. The minimum atomic E-state index is -3.79. The van der Waals surface area contributed by atoms with Gasteiger partial charge in [0.05, 0.1) is 15.5 Å². The summed E-state index contributed by atoms with van der Waals surface area (Å²) in [7, 11) is -3.79.